The SMILES string of the molecule is CCCCCCOCC(COCCCCCC)(COCCCCCC)COS(=O)(=O)O. The molecule has 0 amide bonds. The van der Waals surface area contributed by atoms with Crippen molar-refractivity contribution in [1.29, 1.82) is 0 Å². The molecule has 8 heteroatoms. The average molecular weight is 469 g/mol. The minimum absolute atomic E-state index is 0.231. The van der Waals surface area contributed by atoms with Gasteiger partial charge in [0.1, 0.15) is 0 Å². The van der Waals surface area contributed by atoms with Gasteiger partial charge >= 0.3 is 10.4 Å². The molecule has 7 nitrogen and oxygen atoms in total. The predicted molar refractivity (Wildman–Crippen MR) is 125 cm³/mol. The molecule has 0 rings (SSSR count). The van der Waals surface area contributed by atoms with Crippen molar-refractivity contribution in [1.82, 2.24) is 0 Å². The van der Waals surface area contributed by atoms with Gasteiger partial charge in [-0.2, -0.15) is 8.42 Å². The first-order chi connectivity index (χ1) is 14.9. The number of hydrogen-bond donors (Lipinski definition) is 1. The zero-order chi connectivity index (χ0) is 23.3. The van der Waals surface area contributed by atoms with Crippen LogP contribution in [0.4, 0.5) is 0 Å². The lowest BCUT2D eigenvalue weighted by Gasteiger charge is -2.32. The molecule has 0 aromatic carbocycles. The van der Waals surface area contributed by atoms with Gasteiger partial charge in [-0.1, -0.05) is 78.6 Å². The van der Waals surface area contributed by atoms with E-state index in [1.807, 2.05) is 0 Å². The molecule has 0 aromatic rings. The predicted octanol–water partition coefficient (Wildman–Crippen LogP) is 5.58. The van der Waals surface area contributed by atoms with Gasteiger partial charge in [-0.3, -0.25) is 4.55 Å². The summed E-state index contributed by atoms with van der Waals surface area (Å²) in [7, 11) is -4.55. The second-order valence-corrected chi connectivity index (χ2v) is 9.62. The standard InChI is InChI=1S/C23H48O7S/c1-4-7-10-13-16-27-19-23(22-30-31(24,25)26,20-28-17-14-11-8-5-2)21-29-18-15-12-9-6-3/h4-22H2,1-3H3,(H,24,25,26). The normalized spacial score (nSPS) is 12.5. The molecular formula is C23H48O7S. The second kappa shape index (κ2) is 20.4. The fourth-order valence-electron chi connectivity index (χ4n) is 3.21. The molecule has 0 spiro atoms. The van der Waals surface area contributed by atoms with Gasteiger partial charge in [0.05, 0.1) is 31.8 Å². The maximum absolute atomic E-state index is 11.2. The summed E-state index contributed by atoms with van der Waals surface area (Å²) < 4.78 is 54.0. The first-order valence-corrected chi connectivity index (χ1v) is 13.6. The molecule has 31 heavy (non-hydrogen) atoms. The topological polar surface area (TPSA) is 91.3 Å². The maximum atomic E-state index is 11.2. The van der Waals surface area contributed by atoms with E-state index in [-0.39, 0.29) is 26.4 Å². The van der Waals surface area contributed by atoms with E-state index >= 15 is 0 Å². The van der Waals surface area contributed by atoms with E-state index in [0.717, 1.165) is 57.8 Å². The highest BCUT2D eigenvalue weighted by Crippen LogP contribution is 2.22. The van der Waals surface area contributed by atoms with Crippen LogP contribution in [0.25, 0.3) is 0 Å². The molecule has 0 saturated heterocycles. The van der Waals surface area contributed by atoms with Crippen LogP contribution in [0.3, 0.4) is 0 Å². The number of hydrogen-bond acceptors (Lipinski definition) is 6. The highest BCUT2D eigenvalue weighted by molar-refractivity contribution is 7.80. The Morgan fingerprint density at radius 1 is 0.581 bits per heavy atom. The quantitative estimate of drug-likeness (QED) is 0.146. The van der Waals surface area contributed by atoms with Crippen LogP contribution in [0.2, 0.25) is 0 Å². The minimum Gasteiger partial charge on any atom is -0.381 e. The molecule has 0 aliphatic rings. The Morgan fingerprint density at radius 2 is 0.935 bits per heavy atom. The number of ether oxygens (including phenoxy) is 3. The Hall–Kier alpha value is -0.250. The molecule has 0 fully saturated rings. The maximum Gasteiger partial charge on any atom is 0.397 e. The van der Waals surface area contributed by atoms with Crippen molar-refractivity contribution >= 4 is 10.4 Å². The van der Waals surface area contributed by atoms with Gasteiger partial charge in [-0.05, 0) is 19.3 Å². The van der Waals surface area contributed by atoms with E-state index in [4.69, 9.17) is 22.9 Å². The van der Waals surface area contributed by atoms with E-state index in [2.05, 4.69) is 20.8 Å². The van der Waals surface area contributed by atoms with Crippen molar-refractivity contribution in [2.75, 3.05) is 46.2 Å². The summed E-state index contributed by atoms with van der Waals surface area (Å²) in [6, 6.07) is 0. The summed E-state index contributed by atoms with van der Waals surface area (Å²) >= 11 is 0. The third-order valence-corrected chi connectivity index (χ3v) is 5.58. The van der Waals surface area contributed by atoms with Crippen LogP contribution in [0.1, 0.15) is 97.8 Å². The van der Waals surface area contributed by atoms with Gasteiger partial charge in [0.2, 0.25) is 0 Å². The summed E-state index contributed by atoms with van der Waals surface area (Å²) in [6.07, 6.45) is 13.2. The van der Waals surface area contributed by atoms with E-state index in [0.29, 0.717) is 19.8 Å². The van der Waals surface area contributed by atoms with Crippen LogP contribution >= 0.6 is 0 Å². The molecule has 0 radical (unpaired) electrons. The van der Waals surface area contributed by atoms with E-state index < -0.39 is 15.8 Å². The first kappa shape index (κ1) is 30.8. The van der Waals surface area contributed by atoms with Gasteiger partial charge in [0.15, 0.2) is 0 Å². The molecule has 0 aliphatic heterocycles. The Morgan fingerprint density at radius 3 is 1.23 bits per heavy atom. The monoisotopic (exact) mass is 468 g/mol. The summed E-state index contributed by atoms with van der Waals surface area (Å²) in [5, 5.41) is 0. The zero-order valence-corrected chi connectivity index (χ0v) is 21.1. The Balaban J connectivity index is 4.84. The largest absolute Gasteiger partial charge is 0.397 e. The lowest BCUT2D eigenvalue weighted by Crippen LogP contribution is -2.42. The lowest BCUT2D eigenvalue weighted by molar-refractivity contribution is -0.0895. The summed E-state index contributed by atoms with van der Waals surface area (Å²) in [6.45, 7) is 8.83. The van der Waals surface area contributed by atoms with Gasteiger partial charge in [0.25, 0.3) is 0 Å². The zero-order valence-electron chi connectivity index (χ0n) is 20.2. The molecule has 0 aliphatic carbocycles. The summed E-state index contributed by atoms with van der Waals surface area (Å²) in [4.78, 5) is 0. The van der Waals surface area contributed by atoms with Crippen LogP contribution in [0.5, 0.6) is 0 Å². The molecule has 0 bridgehead atoms. The van der Waals surface area contributed by atoms with Gasteiger partial charge in [-0.25, -0.2) is 4.18 Å². The molecule has 188 valence electrons. The van der Waals surface area contributed by atoms with Crippen molar-refractivity contribution in [2.45, 2.75) is 97.8 Å². The second-order valence-electron chi connectivity index (χ2n) is 8.53. The Bertz CT molecular complexity index is 442. The fraction of sp³-hybridized carbons (Fsp3) is 1.00. The van der Waals surface area contributed by atoms with Gasteiger partial charge in [0, 0.05) is 19.8 Å². The van der Waals surface area contributed by atoms with E-state index in [9.17, 15) is 8.42 Å². The number of unbranched alkanes of at least 4 members (excludes halogenated alkanes) is 9. The molecule has 0 aromatic heterocycles. The van der Waals surface area contributed by atoms with Crippen molar-refractivity contribution < 1.29 is 31.4 Å². The van der Waals surface area contributed by atoms with Gasteiger partial charge < -0.3 is 14.2 Å². The van der Waals surface area contributed by atoms with Crippen molar-refractivity contribution in [2.24, 2.45) is 5.41 Å². The van der Waals surface area contributed by atoms with Crippen molar-refractivity contribution in [3.63, 3.8) is 0 Å². The minimum atomic E-state index is -4.55. The van der Waals surface area contributed by atoms with Gasteiger partial charge in [-0.15, -0.1) is 0 Å². The van der Waals surface area contributed by atoms with Crippen molar-refractivity contribution in [3.8, 4) is 0 Å². The highest BCUT2D eigenvalue weighted by atomic mass is 32.3. The van der Waals surface area contributed by atoms with Crippen LogP contribution in [0.15, 0.2) is 0 Å². The molecule has 0 heterocycles. The van der Waals surface area contributed by atoms with Crippen molar-refractivity contribution in [3.05, 3.63) is 0 Å². The third kappa shape index (κ3) is 20.1. The van der Waals surface area contributed by atoms with Crippen LogP contribution in [-0.4, -0.2) is 59.2 Å². The number of rotatable bonds is 24. The van der Waals surface area contributed by atoms with Crippen LogP contribution < -0.4 is 0 Å². The van der Waals surface area contributed by atoms with Crippen LogP contribution in [0, 0.1) is 5.41 Å². The molecule has 0 saturated carbocycles. The molecular weight excluding hydrogens is 420 g/mol. The Labute approximate surface area is 191 Å². The average Bonchev–Trinajstić information content (AvgIpc) is 2.73. The van der Waals surface area contributed by atoms with E-state index in [1.165, 1.54) is 19.3 Å². The molecule has 0 atom stereocenters. The summed E-state index contributed by atoms with van der Waals surface area (Å²) in [5.74, 6) is 0. The molecule has 0 unspecified atom stereocenters. The highest BCUT2D eigenvalue weighted by Gasteiger charge is 2.34. The Kier molecular flexibility index (Phi) is 20.2. The van der Waals surface area contributed by atoms with Crippen LogP contribution in [-0.2, 0) is 28.8 Å². The first-order valence-electron chi connectivity index (χ1n) is 12.2. The smallest absolute Gasteiger partial charge is 0.381 e. The molecule has 1 N–H and O–H groups in total. The summed E-state index contributed by atoms with van der Waals surface area (Å²) in [5.41, 5.74) is -0.782. The third-order valence-electron chi connectivity index (χ3n) is 5.17. The lowest BCUT2D eigenvalue weighted by atomic mass is 9.92. The fourth-order valence-corrected chi connectivity index (χ4v) is 3.61. The van der Waals surface area contributed by atoms with E-state index in [1.54, 1.807) is 0 Å².